The van der Waals surface area contributed by atoms with Crippen LogP contribution >= 0.6 is 0 Å². The van der Waals surface area contributed by atoms with Gasteiger partial charge in [0.2, 0.25) is 11.8 Å². The summed E-state index contributed by atoms with van der Waals surface area (Å²) in [7, 11) is 1.65. The van der Waals surface area contributed by atoms with E-state index >= 15 is 0 Å². The highest BCUT2D eigenvalue weighted by atomic mass is 16.4. The number of carboxylic acid groups (broad SMARTS) is 1. The summed E-state index contributed by atoms with van der Waals surface area (Å²) in [5, 5.41) is 12.0. The molecule has 1 unspecified atom stereocenters. The van der Waals surface area contributed by atoms with Crippen LogP contribution in [0.15, 0.2) is 11.6 Å². The Morgan fingerprint density at radius 1 is 1.00 bits per heavy atom. The molecular weight excluding hydrogens is 404 g/mol. The Balaban J connectivity index is 0. The molecule has 6 heteroatoms. The minimum atomic E-state index is -1.000. The van der Waals surface area contributed by atoms with E-state index in [-0.39, 0.29) is 35.9 Å². The highest BCUT2D eigenvalue weighted by molar-refractivity contribution is 5.88. The third-order valence-electron chi connectivity index (χ3n) is 5.95. The lowest BCUT2D eigenvalue weighted by Crippen LogP contribution is -2.48. The highest BCUT2D eigenvalue weighted by Gasteiger charge is 2.36. The summed E-state index contributed by atoms with van der Waals surface area (Å²) >= 11 is 0. The third kappa shape index (κ3) is 11.7. The number of carboxylic acids is 1. The van der Waals surface area contributed by atoms with Crippen LogP contribution in [0.1, 0.15) is 94.9 Å². The van der Waals surface area contributed by atoms with Gasteiger partial charge in [0.1, 0.15) is 0 Å². The fourth-order valence-electron chi connectivity index (χ4n) is 3.48. The van der Waals surface area contributed by atoms with Crippen molar-refractivity contribution in [2.45, 2.75) is 101 Å². The molecule has 0 radical (unpaired) electrons. The van der Waals surface area contributed by atoms with Gasteiger partial charge in [-0.15, -0.1) is 0 Å². The lowest BCUT2D eigenvalue weighted by molar-refractivity contribution is -0.137. The molecule has 0 saturated carbocycles. The second-order valence-electron chi connectivity index (χ2n) is 10.0. The zero-order valence-corrected chi connectivity index (χ0v) is 22.5. The van der Waals surface area contributed by atoms with Crippen molar-refractivity contribution >= 4 is 17.8 Å². The standard InChI is InChI=1S/C22H40N2O4.C4H10/c1-9-16(6)13-22(10-2,11-3)21(28)23-14-19(25)24(8)18(15(4)5)12-17(7)20(26)27;1-4(2)3/h12,15-16,18H,9-11,13-14H2,1-8H3,(H,23,28)(H,26,27);4H,1-3H3/b17-12+;/t16?,18-;/m1./s1. The molecular formula is C26H50N2O4. The maximum atomic E-state index is 12.9. The predicted octanol–water partition coefficient (Wildman–Crippen LogP) is 5.52. The minimum Gasteiger partial charge on any atom is -0.478 e. The fraction of sp³-hybridized carbons (Fsp3) is 0.808. The van der Waals surface area contributed by atoms with Gasteiger partial charge < -0.3 is 15.3 Å². The fourth-order valence-corrected chi connectivity index (χ4v) is 3.48. The van der Waals surface area contributed by atoms with E-state index in [0.717, 1.165) is 31.6 Å². The largest absolute Gasteiger partial charge is 0.478 e. The second kappa shape index (κ2) is 15.9. The Kier molecular flexibility index (Phi) is 16.0. The van der Waals surface area contributed by atoms with Gasteiger partial charge in [-0.05, 0) is 43.9 Å². The second-order valence-corrected chi connectivity index (χ2v) is 10.0. The Bertz CT molecular complexity index is 604. The smallest absolute Gasteiger partial charge is 0.331 e. The average Bonchev–Trinajstić information content (AvgIpc) is 2.72. The zero-order chi connectivity index (χ0) is 25.6. The topological polar surface area (TPSA) is 86.7 Å². The molecule has 32 heavy (non-hydrogen) atoms. The molecule has 0 aliphatic rings. The molecule has 0 rings (SSSR count). The highest BCUT2D eigenvalue weighted by Crippen LogP contribution is 2.35. The molecule has 0 aromatic carbocycles. The van der Waals surface area contributed by atoms with Crippen molar-refractivity contribution in [1.29, 1.82) is 0 Å². The monoisotopic (exact) mass is 454 g/mol. The molecule has 188 valence electrons. The SMILES string of the molecule is CC(C)C.CCC(C)CC(CC)(CC)C(=O)NCC(=O)N(C)[C@H](/C=C(\C)C(=O)O)C(C)C. The minimum absolute atomic E-state index is 0.0507. The first-order chi connectivity index (χ1) is 14.7. The maximum Gasteiger partial charge on any atom is 0.331 e. The van der Waals surface area contributed by atoms with Crippen molar-refractivity contribution in [3.05, 3.63) is 11.6 Å². The van der Waals surface area contributed by atoms with E-state index in [2.05, 4.69) is 39.9 Å². The van der Waals surface area contributed by atoms with Crippen LogP contribution in [-0.2, 0) is 14.4 Å². The van der Waals surface area contributed by atoms with Crippen LogP contribution < -0.4 is 5.32 Å². The van der Waals surface area contributed by atoms with Crippen LogP contribution in [0, 0.1) is 23.2 Å². The number of hydrogen-bond donors (Lipinski definition) is 2. The van der Waals surface area contributed by atoms with Crippen molar-refractivity contribution in [3.8, 4) is 0 Å². The van der Waals surface area contributed by atoms with Crippen LogP contribution in [0.4, 0.5) is 0 Å². The molecule has 0 heterocycles. The number of amides is 2. The van der Waals surface area contributed by atoms with Gasteiger partial charge in [-0.1, -0.05) is 74.8 Å². The van der Waals surface area contributed by atoms with Gasteiger partial charge in [0.25, 0.3) is 0 Å². The van der Waals surface area contributed by atoms with Crippen LogP contribution in [0.5, 0.6) is 0 Å². The van der Waals surface area contributed by atoms with Crippen LogP contribution in [0.2, 0.25) is 0 Å². The Morgan fingerprint density at radius 2 is 1.47 bits per heavy atom. The van der Waals surface area contributed by atoms with Gasteiger partial charge >= 0.3 is 5.97 Å². The number of aliphatic carboxylic acids is 1. The van der Waals surface area contributed by atoms with E-state index < -0.39 is 11.4 Å². The molecule has 2 amide bonds. The number of rotatable bonds is 12. The quantitative estimate of drug-likeness (QED) is 0.380. The Morgan fingerprint density at radius 3 is 1.81 bits per heavy atom. The molecule has 0 spiro atoms. The van der Waals surface area contributed by atoms with Gasteiger partial charge in [0, 0.05) is 18.0 Å². The summed E-state index contributed by atoms with van der Waals surface area (Å²) in [5.41, 5.74) is -0.252. The summed E-state index contributed by atoms with van der Waals surface area (Å²) in [4.78, 5) is 38.2. The van der Waals surface area contributed by atoms with Crippen LogP contribution in [-0.4, -0.2) is 47.4 Å². The first kappa shape index (κ1) is 32.3. The molecule has 0 fully saturated rings. The van der Waals surface area contributed by atoms with E-state index in [4.69, 9.17) is 5.11 Å². The number of carbonyl (C=O) groups is 3. The molecule has 0 bridgehead atoms. The van der Waals surface area contributed by atoms with Gasteiger partial charge in [-0.3, -0.25) is 9.59 Å². The van der Waals surface area contributed by atoms with Crippen molar-refractivity contribution < 1.29 is 19.5 Å². The maximum absolute atomic E-state index is 12.9. The Hall–Kier alpha value is -1.85. The number of likely N-dealkylation sites (N-methyl/N-ethyl adjacent to an activating group) is 1. The third-order valence-corrected chi connectivity index (χ3v) is 5.95. The van der Waals surface area contributed by atoms with E-state index in [1.165, 1.54) is 11.8 Å². The molecule has 0 aliphatic heterocycles. The lowest BCUT2D eigenvalue weighted by atomic mass is 9.74. The molecule has 6 nitrogen and oxygen atoms in total. The lowest BCUT2D eigenvalue weighted by Gasteiger charge is -2.33. The molecule has 2 atom stereocenters. The van der Waals surface area contributed by atoms with E-state index in [1.54, 1.807) is 13.1 Å². The first-order valence-electron chi connectivity index (χ1n) is 12.1. The normalized spacial score (nSPS) is 13.8. The van der Waals surface area contributed by atoms with Crippen molar-refractivity contribution in [3.63, 3.8) is 0 Å². The van der Waals surface area contributed by atoms with E-state index in [0.29, 0.717) is 5.92 Å². The molecule has 0 aromatic rings. The van der Waals surface area contributed by atoms with Crippen LogP contribution in [0.25, 0.3) is 0 Å². The molecule has 2 N–H and O–H groups in total. The van der Waals surface area contributed by atoms with Gasteiger partial charge in [-0.2, -0.15) is 0 Å². The molecule has 0 aromatic heterocycles. The van der Waals surface area contributed by atoms with Crippen molar-refractivity contribution in [2.24, 2.45) is 23.2 Å². The van der Waals surface area contributed by atoms with Crippen molar-refractivity contribution in [1.82, 2.24) is 10.2 Å². The zero-order valence-electron chi connectivity index (χ0n) is 22.5. The first-order valence-corrected chi connectivity index (χ1v) is 12.1. The molecule has 0 aliphatic carbocycles. The van der Waals surface area contributed by atoms with E-state index in [9.17, 15) is 14.4 Å². The van der Waals surface area contributed by atoms with Gasteiger partial charge in [0.15, 0.2) is 0 Å². The summed E-state index contributed by atoms with van der Waals surface area (Å²) in [6.45, 7) is 20.1. The predicted molar refractivity (Wildman–Crippen MR) is 133 cm³/mol. The number of nitrogens with zero attached hydrogens (tertiary/aromatic N) is 1. The summed E-state index contributed by atoms with van der Waals surface area (Å²) in [6, 6.07) is -0.345. The molecule has 0 saturated heterocycles. The summed E-state index contributed by atoms with van der Waals surface area (Å²) < 4.78 is 0. The van der Waals surface area contributed by atoms with E-state index in [1.807, 2.05) is 27.7 Å². The van der Waals surface area contributed by atoms with Crippen molar-refractivity contribution in [2.75, 3.05) is 13.6 Å². The van der Waals surface area contributed by atoms with Gasteiger partial charge in [-0.25, -0.2) is 4.79 Å². The number of nitrogens with one attached hydrogen (secondary N) is 1. The Labute approximate surface area is 197 Å². The summed E-state index contributed by atoms with van der Waals surface area (Å²) in [6.07, 6.45) is 4.89. The van der Waals surface area contributed by atoms with Crippen LogP contribution in [0.3, 0.4) is 0 Å². The summed E-state index contributed by atoms with van der Waals surface area (Å²) in [5.74, 6) is 0.0257. The average molecular weight is 455 g/mol. The number of hydrogen-bond acceptors (Lipinski definition) is 3. The van der Waals surface area contributed by atoms with Gasteiger partial charge in [0.05, 0.1) is 12.6 Å². The number of carbonyl (C=O) groups excluding carboxylic acids is 2.